The maximum Gasteiger partial charge on any atom is 0.327 e. The number of likely N-dealkylation sites (N-methyl/N-ethyl adjacent to an activating group) is 1. The molecule has 1 unspecified atom stereocenters. The molecule has 2 aromatic rings. The number of carbonyl (C=O) groups excluding carboxylic acids is 2. The van der Waals surface area contributed by atoms with Crippen molar-refractivity contribution in [3.8, 4) is 17.2 Å². The number of nitrogens with zero attached hydrogens (tertiary/aromatic N) is 1. The zero-order valence-corrected chi connectivity index (χ0v) is 16.2. The Hall–Kier alpha value is -3.42. The van der Waals surface area contributed by atoms with E-state index in [0.29, 0.717) is 35.0 Å². The molecule has 8 heteroatoms. The Balaban J connectivity index is 1.94. The first-order chi connectivity index (χ1) is 13.5. The number of carbonyl (C=O) groups is 2. The average Bonchev–Trinajstić information content (AvgIpc) is 3.12. The molecule has 3 rings (SSSR count). The van der Waals surface area contributed by atoms with Gasteiger partial charge in [-0.3, -0.25) is 9.69 Å². The Morgan fingerprint density at radius 3 is 2.25 bits per heavy atom. The molecule has 0 spiro atoms. The molecule has 148 valence electrons. The highest BCUT2D eigenvalue weighted by atomic mass is 16.5. The summed E-state index contributed by atoms with van der Waals surface area (Å²) in [6.07, 6.45) is 0.457. The van der Waals surface area contributed by atoms with Crippen LogP contribution in [-0.4, -0.2) is 46.4 Å². The summed E-state index contributed by atoms with van der Waals surface area (Å²) in [4.78, 5) is 26.9. The summed E-state index contributed by atoms with van der Waals surface area (Å²) in [5.74, 6) is 1.04. The molecule has 1 heterocycles. The van der Waals surface area contributed by atoms with Gasteiger partial charge in [0.15, 0.2) is 11.5 Å². The summed E-state index contributed by atoms with van der Waals surface area (Å²) in [5.41, 5.74) is 2.11. The van der Waals surface area contributed by atoms with Crippen molar-refractivity contribution in [2.45, 2.75) is 12.5 Å². The summed E-state index contributed by atoms with van der Waals surface area (Å²) in [7, 11) is 6.07. The number of benzene rings is 2. The summed E-state index contributed by atoms with van der Waals surface area (Å²) in [6, 6.07) is 9.69. The number of hydrogen-bond donors (Lipinski definition) is 2. The van der Waals surface area contributed by atoms with Crippen LogP contribution in [0.15, 0.2) is 36.4 Å². The van der Waals surface area contributed by atoms with Crippen molar-refractivity contribution in [1.29, 1.82) is 0 Å². The normalized spacial score (nSPS) is 14.9. The van der Waals surface area contributed by atoms with E-state index < -0.39 is 12.1 Å². The summed E-state index contributed by atoms with van der Waals surface area (Å²) in [6.45, 7) is 0. The van der Waals surface area contributed by atoms with Crippen LogP contribution in [0.3, 0.4) is 0 Å². The van der Waals surface area contributed by atoms with E-state index in [-0.39, 0.29) is 5.91 Å². The third kappa shape index (κ3) is 3.40. The average molecular weight is 385 g/mol. The van der Waals surface area contributed by atoms with Crippen LogP contribution in [0, 0.1) is 0 Å². The molecule has 1 aliphatic rings. The van der Waals surface area contributed by atoms with E-state index in [1.165, 1.54) is 26.2 Å². The van der Waals surface area contributed by atoms with Crippen LogP contribution < -0.4 is 29.7 Å². The van der Waals surface area contributed by atoms with Gasteiger partial charge >= 0.3 is 6.03 Å². The summed E-state index contributed by atoms with van der Waals surface area (Å²) < 4.78 is 16.0. The SMILES string of the molecule is CNC(=O)C1Cc2ccccc2N1C(=O)Nc1cc(OC)c(OC)c(OC)c1. The van der Waals surface area contributed by atoms with E-state index in [9.17, 15) is 9.59 Å². The van der Waals surface area contributed by atoms with Crippen molar-refractivity contribution in [3.05, 3.63) is 42.0 Å². The zero-order chi connectivity index (χ0) is 20.3. The number of ether oxygens (including phenoxy) is 3. The fraction of sp³-hybridized carbons (Fsp3) is 0.300. The molecule has 2 N–H and O–H groups in total. The van der Waals surface area contributed by atoms with E-state index in [2.05, 4.69) is 10.6 Å². The number of rotatable bonds is 5. The van der Waals surface area contributed by atoms with Gasteiger partial charge in [0.2, 0.25) is 11.7 Å². The Labute approximate surface area is 163 Å². The smallest absolute Gasteiger partial charge is 0.327 e. The fourth-order valence-electron chi connectivity index (χ4n) is 3.35. The topological polar surface area (TPSA) is 89.1 Å². The van der Waals surface area contributed by atoms with Crippen LogP contribution in [0.2, 0.25) is 0 Å². The van der Waals surface area contributed by atoms with Gasteiger partial charge in [0, 0.05) is 31.3 Å². The van der Waals surface area contributed by atoms with Gasteiger partial charge < -0.3 is 24.8 Å². The van der Waals surface area contributed by atoms with E-state index >= 15 is 0 Å². The zero-order valence-electron chi connectivity index (χ0n) is 16.2. The van der Waals surface area contributed by atoms with Crippen molar-refractivity contribution in [3.63, 3.8) is 0 Å². The van der Waals surface area contributed by atoms with Crippen molar-refractivity contribution in [2.75, 3.05) is 38.6 Å². The number of hydrogen-bond acceptors (Lipinski definition) is 5. The Kier molecular flexibility index (Phi) is 5.58. The molecule has 0 saturated carbocycles. The van der Waals surface area contributed by atoms with Gasteiger partial charge in [-0.25, -0.2) is 4.79 Å². The maximum atomic E-state index is 13.1. The lowest BCUT2D eigenvalue weighted by atomic mass is 10.1. The number of para-hydroxylation sites is 1. The predicted octanol–water partition coefficient (Wildman–Crippen LogP) is 2.42. The fourth-order valence-corrected chi connectivity index (χ4v) is 3.35. The molecule has 0 fully saturated rings. The highest BCUT2D eigenvalue weighted by Gasteiger charge is 2.38. The first-order valence-corrected chi connectivity index (χ1v) is 8.73. The van der Waals surface area contributed by atoms with Gasteiger partial charge in [-0.1, -0.05) is 18.2 Å². The standard InChI is InChI=1S/C20H23N3O5/c1-21-19(24)15-9-12-7-5-6-8-14(12)23(15)20(25)22-13-10-16(26-2)18(28-4)17(11-13)27-3/h5-8,10-11,15H,9H2,1-4H3,(H,21,24)(H,22,25). The molecular formula is C20H23N3O5. The van der Waals surface area contributed by atoms with Crippen LogP contribution in [0.4, 0.5) is 16.2 Å². The quantitative estimate of drug-likeness (QED) is 0.825. The highest BCUT2D eigenvalue weighted by molar-refractivity contribution is 6.08. The van der Waals surface area contributed by atoms with E-state index in [4.69, 9.17) is 14.2 Å². The second kappa shape index (κ2) is 8.08. The first kappa shape index (κ1) is 19.3. The molecule has 0 bridgehead atoms. The minimum atomic E-state index is -0.621. The van der Waals surface area contributed by atoms with Crippen LogP contribution in [0.1, 0.15) is 5.56 Å². The molecule has 8 nitrogen and oxygen atoms in total. The lowest BCUT2D eigenvalue weighted by Gasteiger charge is -2.25. The molecule has 3 amide bonds. The van der Waals surface area contributed by atoms with Gasteiger partial charge in [-0.2, -0.15) is 0 Å². The lowest BCUT2D eigenvalue weighted by Crippen LogP contribution is -2.48. The molecule has 0 radical (unpaired) electrons. The minimum absolute atomic E-state index is 0.226. The Morgan fingerprint density at radius 2 is 1.68 bits per heavy atom. The number of amides is 3. The summed E-state index contributed by atoms with van der Waals surface area (Å²) in [5, 5.41) is 5.45. The van der Waals surface area contributed by atoms with Gasteiger partial charge in [0.05, 0.1) is 27.0 Å². The van der Waals surface area contributed by atoms with E-state index in [0.717, 1.165) is 5.56 Å². The van der Waals surface area contributed by atoms with Crippen molar-refractivity contribution in [1.82, 2.24) is 5.32 Å². The van der Waals surface area contributed by atoms with Gasteiger partial charge in [-0.15, -0.1) is 0 Å². The second-order valence-corrected chi connectivity index (χ2v) is 6.18. The predicted molar refractivity (Wildman–Crippen MR) is 106 cm³/mol. The molecule has 28 heavy (non-hydrogen) atoms. The minimum Gasteiger partial charge on any atom is -0.493 e. The second-order valence-electron chi connectivity index (χ2n) is 6.18. The number of anilines is 2. The van der Waals surface area contributed by atoms with Crippen LogP contribution in [0.5, 0.6) is 17.2 Å². The Morgan fingerprint density at radius 1 is 1.04 bits per heavy atom. The van der Waals surface area contributed by atoms with Crippen LogP contribution >= 0.6 is 0 Å². The van der Waals surface area contributed by atoms with Crippen molar-refractivity contribution >= 4 is 23.3 Å². The van der Waals surface area contributed by atoms with Crippen molar-refractivity contribution in [2.24, 2.45) is 0 Å². The largest absolute Gasteiger partial charge is 0.493 e. The number of methoxy groups -OCH3 is 3. The monoisotopic (exact) mass is 385 g/mol. The number of nitrogens with one attached hydrogen (secondary N) is 2. The van der Waals surface area contributed by atoms with Gasteiger partial charge in [-0.05, 0) is 11.6 Å². The molecule has 1 aliphatic heterocycles. The number of urea groups is 1. The molecular weight excluding hydrogens is 362 g/mol. The third-order valence-corrected chi connectivity index (χ3v) is 4.66. The number of fused-ring (bicyclic) bond motifs is 1. The molecule has 0 aliphatic carbocycles. The van der Waals surface area contributed by atoms with Crippen LogP contribution in [0.25, 0.3) is 0 Å². The molecule has 1 atom stereocenters. The van der Waals surface area contributed by atoms with Gasteiger partial charge in [0.1, 0.15) is 6.04 Å². The van der Waals surface area contributed by atoms with E-state index in [1.807, 2.05) is 24.3 Å². The third-order valence-electron chi connectivity index (χ3n) is 4.66. The first-order valence-electron chi connectivity index (χ1n) is 8.73. The molecule has 2 aromatic carbocycles. The van der Waals surface area contributed by atoms with Crippen molar-refractivity contribution < 1.29 is 23.8 Å². The highest BCUT2D eigenvalue weighted by Crippen LogP contribution is 2.40. The van der Waals surface area contributed by atoms with Gasteiger partial charge in [0.25, 0.3) is 0 Å². The van der Waals surface area contributed by atoms with Crippen LogP contribution in [-0.2, 0) is 11.2 Å². The molecule has 0 aromatic heterocycles. The maximum absolute atomic E-state index is 13.1. The summed E-state index contributed by atoms with van der Waals surface area (Å²) >= 11 is 0. The molecule has 0 saturated heterocycles. The lowest BCUT2D eigenvalue weighted by molar-refractivity contribution is -0.121. The Bertz CT molecular complexity index is 874. The van der Waals surface area contributed by atoms with E-state index in [1.54, 1.807) is 19.2 Å².